The maximum atomic E-state index is 10.5. The monoisotopic (exact) mass is 301 g/mol. The Bertz CT molecular complexity index is 483. The Morgan fingerprint density at radius 3 is 2.80 bits per heavy atom. The minimum absolute atomic E-state index is 0.243. The average Bonchev–Trinajstić information content (AvgIpc) is 2.42. The Morgan fingerprint density at radius 2 is 2.20 bits per heavy atom. The third kappa shape index (κ3) is 5.43. The number of carboxylic acids is 1. The van der Waals surface area contributed by atoms with Crippen molar-refractivity contribution in [2.75, 3.05) is 27.8 Å². The number of nitrogens with zero attached hydrogens (tertiary/aromatic N) is 3. The zero-order valence-electron chi connectivity index (χ0n) is 11.3. The van der Waals surface area contributed by atoms with Gasteiger partial charge < -0.3 is 9.84 Å². The van der Waals surface area contributed by atoms with Crippen LogP contribution in [-0.2, 0) is 14.0 Å². The molecule has 0 saturated carbocycles. The van der Waals surface area contributed by atoms with Crippen molar-refractivity contribution in [2.24, 2.45) is 10.3 Å². The molecule has 1 aromatic rings. The van der Waals surface area contributed by atoms with E-state index in [1.807, 2.05) is 0 Å². The van der Waals surface area contributed by atoms with Crippen LogP contribution < -0.4 is 4.74 Å². The molecule has 1 aromatic carbocycles. The molecule has 0 bridgehead atoms. The molecule has 0 spiro atoms. The number of rotatable bonds is 8. The van der Waals surface area contributed by atoms with Gasteiger partial charge in [0.1, 0.15) is 18.0 Å². The predicted molar refractivity (Wildman–Crippen MR) is 71.7 cm³/mol. The molecule has 0 aliphatic rings. The number of benzene rings is 1. The van der Waals surface area contributed by atoms with E-state index in [2.05, 4.69) is 15.2 Å². The van der Waals surface area contributed by atoms with Gasteiger partial charge >= 0.3 is 5.97 Å². The van der Waals surface area contributed by atoms with E-state index in [-0.39, 0.29) is 6.54 Å². The minimum atomic E-state index is -0.990. The van der Waals surface area contributed by atoms with Gasteiger partial charge in [-0.1, -0.05) is 5.22 Å². The van der Waals surface area contributed by atoms with Gasteiger partial charge in [-0.15, -0.1) is 5.11 Å². The molecule has 0 aliphatic carbocycles. The lowest BCUT2D eigenvalue weighted by Crippen LogP contribution is -2.19. The molecular formula is C11H15N3O5S. The molecule has 0 unspecified atom stereocenters. The second-order valence-electron chi connectivity index (χ2n) is 3.55. The standard InChI is InChI=1S/C11H15N3O5S/c1-14(7-11(15)16)13-12-9-6-8(20-19-18-3)4-5-10(9)17-2/h4-6H,7H2,1-3H3,(H,15,16)/b13-12+. The van der Waals surface area contributed by atoms with Gasteiger partial charge in [-0.05, 0) is 18.2 Å². The quantitative estimate of drug-likeness (QED) is 0.341. The van der Waals surface area contributed by atoms with Gasteiger partial charge in [0.05, 0.1) is 26.3 Å². The van der Waals surface area contributed by atoms with Gasteiger partial charge in [-0.3, -0.25) is 9.80 Å². The number of carboxylic acid groups (broad SMARTS) is 1. The predicted octanol–water partition coefficient (Wildman–Crippen LogP) is 2.30. The summed E-state index contributed by atoms with van der Waals surface area (Å²) in [7, 11) is 4.42. The first kappa shape index (κ1) is 16.2. The van der Waals surface area contributed by atoms with Crippen LogP contribution in [0.4, 0.5) is 5.69 Å². The number of hydrogen-bond donors (Lipinski definition) is 1. The Hall–Kier alpha value is -1.84. The van der Waals surface area contributed by atoms with Crippen LogP contribution in [0.3, 0.4) is 0 Å². The zero-order chi connectivity index (χ0) is 15.0. The van der Waals surface area contributed by atoms with Crippen LogP contribution in [0.25, 0.3) is 0 Å². The largest absolute Gasteiger partial charge is 0.494 e. The van der Waals surface area contributed by atoms with E-state index in [9.17, 15) is 4.79 Å². The lowest BCUT2D eigenvalue weighted by Gasteiger charge is -2.09. The molecule has 1 rings (SSSR count). The first-order chi connectivity index (χ1) is 9.56. The summed E-state index contributed by atoms with van der Waals surface area (Å²) in [6.07, 6.45) is 0. The van der Waals surface area contributed by atoms with E-state index in [0.29, 0.717) is 11.4 Å². The summed E-state index contributed by atoms with van der Waals surface area (Å²) in [6, 6.07) is 5.15. The topological polar surface area (TPSA) is 93.0 Å². The Labute approximate surface area is 120 Å². The van der Waals surface area contributed by atoms with Gasteiger partial charge in [0.15, 0.2) is 0 Å². The third-order valence-corrected chi connectivity index (χ3v) is 2.67. The van der Waals surface area contributed by atoms with Crippen molar-refractivity contribution in [3.8, 4) is 5.75 Å². The van der Waals surface area contributed by atoms with Gasteiger partial charge in [-0.2, -0.15) is 4.33 Å². The minimum Gasteiger partial charge on any atom is -0.494 e. The summed E-state index contributed by atoms with van der Waals surface area (Å²) < 4.78 is 9.89. The van der Waals surface area contributed by atoms with Crippen molar-refractivity contribution in [2.45, 2.75) is 4.90 Å². The summed E-state index contributed by atoms with van der Waals surface area (Å²) in [5.41, 5.74) is 0.453. The van der Waals surface area contributed by atoms with E-state index in [1.54, 1.807) is 18.2 Å². The summed E-state index contributed by atoms with van der Waals surface area (Å²) in [5.74, 6) is -0.476. The van der Waals surface area contributed by atoms with E-state index < -0.39 is 5.97 Å². The highest BCUT2D eigenvalue weighted by atomic mass is 32.2. The zero-order valence-corrected chi connectivity index (χ0v) is 12.1. The molecule has 0 aromatic heterocycles. The van der Waals surface area contributed by atoms with Crippen molar-refractivity contribution in [1.82, 2.24) is 5.01 Å². The SMILES string of the molecule is COOSc1ccc(OC)c(/N=N/N(C)CC(=O)O)c1. The van der Waals surface area contributed by atoms with Crippen LogP contribution in [0.1, 0.15) is 0 Å². The number of ether oxygens (including phenoxy) is 1. The highest BCUT2D eigenvalue weighted by Crippen LogP contribution is 2.33. The second kappa shape index (κ2) is 8.35. The normalized spacial score (nSPS) is 10.8. The van der Waals surface area contributed by atoms with E-state index in [4.69, 9.17) is 14.2 Å². The van der Waals surface area contributed by atoms with Crippen molar-refractivity contribution >= 4 is 23.7 Å². The van der Waals surface area contributed by atoms with Crippen molar-refractivity contribution in [3.63, 3.8) is 0 Å². The highest BCUT2D eigenvalue weighted by Gasteiger charge is 2.06. The number of carbonyl (C=O) groups is 1. The fourth-order valence-corrected chi connectivity index (χ4v) is 1.65. The fourth-order valence-electron chi connectivity index (χ4n) is 1.22. The molecule has 0 aliphatic heterocycles. The van der Waals surface area contributed by atoms with Crippen LogP contribution in [0.5, 0.6) is 5.75 Å². The van der Waals surface area contributed by atoms with Crippen molar-refractivity contribution in [3.05, 3.63) is 18.2 Å². The summed E-state index contributed by atoms with van der Waals surface area (Å²) >= 11 is 1.01. The van der Waals surface area contributed by atoms with E-state index in [1.165, 1.54) is 26.3 Å². The van der Waals surface area contributed by atoms with Crippen LogP contribution in [0.2, 0.25) is 0 Å². The lowest BCUT2D eigenvalue weighted by atomic mass is 10.3. The smallest absolute Gasteiger partial charge is 0.324 e. The molecule has 0 atom stereocenters. The summed E-state index contributed by atoms with van der Waals surface area (Å²) in [5, 5.41) is 17.6. The molecule has 0 amide bonds. The van der Waals surface area contributed by atoms with E-state index >= 15 is 0 Å². The van der Waals surface area contributed by atoms with Crippen molar-refractivity contribution < 1.29 is 23.9 Å². The molecule has 0 radical (unpaired) electrons. The van der Waals surface area contributed by atoms with Gasteiger partial charge in [0, 0.05) is 11.9 Å². The molecule has 1 N–H and O–H groups in total. The van der Waals surface area contributed by atoms with Crippen LogP contribution in [0.15, 0.2) is 33.4 Å². The van der Waals surface area contributed by atoms with Gasteiger partial charge in [0.25, 0.3) is 0 Å². The number of methoxy groups -OCH3 is 1. The average molecular weight is 301 g/mol. The Kier molecular flexibility index (Phi) is 6.77. The maximum Gasteiger partial charge on any atom is 0.324 e. The summed E-state index contributed by atoms with van der Waals surface area (Å²) in [6.45, 7) is -0.243. The van der Waals surface area contributed by atoms with Crippen LogP contribution in [0, 0.1) is 0 Å². The first-order valence-corrected chi connectivity index (χ1v) is 6.21. The van der Waals surface area contributed by atoms with Gasteiger partial charge in [-0.25, -0.2) is 4.89 Å². The first-order valence-electron chi connectivity index (χ1n) is 5.46. The molecule has 20 heavy (non-hydrogen) atoms. The Morgan fingerprint density at radius 1 is 1.45 bits per heavy atom. The molecule has 0 fully saturated rings. The molecule has 8 nitrogen and oxygen atoms in total. The molecule has 110 valence electrons. The fraction of sp³-hybridized carbons (Fsp3) is 0.364. The highest BCUT2D eigenvalue weighted by molar-refractivity contribution is 7.94. The number of hydrogen-bond acceptors (Lipinski definition) is 7. The van der Waals surface area contributed by atoms with Crippen LogP contribution >= 0.6 is 12.0 Å². The lowest BCUT2D eigenvalue weighted by molar-refractivity contribution is -0.160. The third-order valence-electron chi connectivity index (χ3n) is 2.02. The second-order valence-corrected chi connectivity index (χ2v) is 4.32. The molecule has 9 heteroatoms. The van der Waals surface area contributed by atoms with Gasteiger partial charge in [0.2, 0.25) is 0 Å². The van der Waals surface area contributed by atoms with Crippen molar-refractivity contribution in [1.29, 1.82) is 0 Å². The molecule has 0 heterocycles. The number of aliphatic carboxylic acids is 1. The molecule has 0 saturated heterocycles. The Balaban J connectivity index is 2.84. The molecular weight excluding hydrogens is 286 g/mol. The van der Waals surface area contributed by atoms with E-state index in [0.717, 1.165) is 16.9 Å². The maximum absolute atomic E-state index is 10.5. The van der Waals surface area contributed by atoms with Crippen LogP contribution in [-0.4, -0.2) is 43.9 Å². The summed E-state index contributed by atoms with van der Waals surface area (Å²) in [4.78, 5) is 15.7. The number of likely N-dealkylation sites (N-methyl/N-ethyl adjacent to an activating group) is 1.